The van der Waals surface area contributed by atoms with Gasteiger partial charge in [0.15, 0.2) is 0 Å². The van der Waals surface area contributed by atoms with Crippen molar-refractivity contribution in [2.24, 2.45) is 0 Å². The summed E-state index contributed by atoms with van der Waals surface area (Å²) in [4.78, 5) is 5.08. The Hall–Kier alpha value is -1.06. The molecule has 0 unspecified atom stereocenters. The Kier molecular flexibility index (Phi) is 5.23. The highest BCUT2D eigenvalue weighted by molar-refractivity contribution is 5.52. The molecule has 1 aliphatic heterocycles. The van der Waals surface area contributed by atoms with Crippen LogP contribution in [0.25, 0.3) is 0 Å². The molecular formula is C16H27N3. The molecule has 106 valence electrons. The number of anilines is 1. The van der Waals surface area contributed by atoms with E-state index in [9.17, 15) is 0 Å². The molecule has 0 saturated carbocycles. The molecule has 19 heavy (non-hydrogen) atoms. The van der Waals surface area contributed by atoms with Crippen molar-refractivity contribution in [3.8, 4) is 0 Å². The summed E-state index contributed by atoms with van der Waals surface area (Å²) in [5, 5.41) is 3.57. The summed E-state index contributed by atoms with van der Waals surface area (Å²) in [5.41, 5.74) is 3.94. The van der Waals surface area contributed by atoms with Gasteiger partial charge in [0.05, 0.1) is 0 Å². The normalized spacial score (nSPS) is 17.6. The maximum atomic E-state index is 3.57. The van der Waals surface area contributed by atoms with Crippen LogP contribution in [0, 0.1) is 13.8 Å². The van der Waals surface area contributed by atoms with Gasteiger partial charge in [0.25, 0.3) is 0 Å². The molecule has 3 heteroatoms. The van der Waals surface area contributed by atoms with E-state index in [-0.39, 0.29) is 0 Å². The van der Waals surface area contributed by atoms with Crippen LogP contribution in [0.2, 0.25) is 0 Å². The van der Waals surface area contributed by atoms with E-state index in [1.54, 1.807) is 0 Å². The first-order chi connectivity index (χ1) is 9.19. The maximum absolute atomic E-state index is 3.57. The molecular weight excluding hydrogens is 234 g/mol. The van der Waals surface area contributed by atoms with E-state index < -0.39 is 0 Å². The lowest BCUT2D eigenvalue weighted by Gasteiger charge is -2.34. The largest absolute Gasteiger partial charge is 0.384 e. The SMILES string of the molecule is CCN1CCN(CCNc2cc(C)ccc2C)CC1. The van der Waals surface area contributed by atoms with Gasteiger partial charge in [-0.1, -0.05) is 19.1 Å². The fourth-order valence-electron chi connectivity index (χ4n) is 2.60. The number of nitrogens with zero attached hydrogens (tertiary/aromatic N) is 2. The number of hydrogen-bond acceptors (Lipinski definition) is 3. The van der Waals surface area contributed by atoms with Crippen molar-refractivity contribution in [2.75, 3.05) is 51.1 Å². The topological polar surface area (TPSA) is 18.5 Å². The van der Waals surface area contributed by atoms with E-state index in [4.69, 9.17) is 0 Å². The van der Waals surface area contributed by atoms with E-state index in [0.29, 0.717) is 0 Å². The zero-order valence-electron chi connectivity index (χ0n) is 12.6. The Morgan fingerprint density at radius 1 is 1.05 bits per heavy atom. The molecule has 1 aliphatic rings. The van der Waals surface area contributed by atoms with Gasteiger partial charge in [0.1, 0.15) is 0 Å². The van der Waals surface area contributed by atoms with E-state index in [1.807, 2.05) is 0 Å². The lowest BCUT2D eigenvalue weighted by Crippen LogP contribution is -2.47. The van der Waals surface area contributed by atoms with Crippen molar-refractivity contribution < 1.29 is 0 Å². The predicted octanol–water partition coefficient (Wildman–Crippen LogP) is 2.35. The average Bonchev–Trinajstić information content (AvgIpc) is 2.43. The van der Waals surface area contributed by atoms with Crippen molar-refractivity contribution in [2.45, 2.75) is 20.8 Å². The van der Waals surface area contributed by atoms with Crippen LogP contribution in [0.15, 0.2) is 18.2 Å². The van der Waals surface area contributed by atoms with Crippen LogP contribution in [-0.2, 0) is 0 Å². The zero-order valence-corrected chi connectivity index (χ0v) is 12.6. The summed E-state index contributed by atoms with van der Waals surface area (Å²) in [5.74, 6) is 0. The Labute approximate surface area is 117 Å². The molecule has 1 aromatic carbocycles. The summed E-state index contributed by atoms with van der Waals surface area (Å²) >= 11 is 0. The summed E-state index contributed by atoms with van der Waals surface area (Å²) in [7, 11) is 0. The van der Waals surface area contributed by atoms with Crippen molar-refractivity contribution in [1.29, 1.82) is 0 Å². The van der Waals surface area contributed by atoms with Crippen LogP contribution in [0.3, 0.4) is 0 Å². The number of nitrogens with one attached hydrogen (secondary N) is 1. The number of rotatable bonds is 5. The van der Waals surface area contributed by atoms with Gasteiger partial charge >= 0.3 is 0 Å². The molecule has 1 saturated heterocycles. The Morgan fingerprint density at radius 3 is 2.42 bits per heavy atom. The van der Waals surface area contributed by atoms with Crippen molar-refractivity contribution >= 4 is 5.69 Å². The third kappa shape index (κ3) is 4.22. The quantitative estimate of drug-likeness (QED) is 0.878. The monoisotopic (exact) mass is 261 g/mol. The van der Waals surface area contributed by atoms with Crippen LogP contribution in [0.1, 0.15) is 18.1 Å². The van der Waals surface area contributed by atoms with Crippen molar-refractivity contribution in [3.63, 3.8) is 0 Å². The Bertz CT molecular complexity index is 395. The maximum Gasteiger partial charge on any atom is 0.0372 e. The summed E-state index contributed by atoms with van der Waals surface area (Å²) in [6.45, 7) is 14.8. The number of hydrogen-bond donors (Lipinski definition) is 1. The van der Waals surface area contributed by atoms with Gasteiger partial charge in [-0.05, 0) is 37.6 Å². The van der Waals surface area contributed by atoms with E-state index in [1.165, 1.54) is 49.5 Å². The molecule has 0 aliphatic carbocycles. The molecule has 0 amide bonds. The molecule has 0 spiro atoms. The highest BCUT2D eigenvalue weighted by atomic mass is 15.3. The molecule has 0 radical (unpaired) electrons. The first-order valence-corrected chi connectivity index (χ1v) is 7.45. The van der Waals surface area contributed by atoms with Crippen molar-refractivity contribution in [1.82, 2.24) is 9.80 Å². The van der Waals surface area contributed by atoms with Crippen LogP contribution < -0.4 is 5.32 Å². The second kappa shape index (κ2) is 6.92. The predicted molar refractivity (Wildman–Crippen MR) is 83.0 cm³/mol. The van der Waals surface area contributed by atoms with E-state index >= 15 is 0 Å². The third-order valence-electron chi connectivity index (χ3n) is 4.05. The van der Waals surface area contributed by atoms with Gasteiger partial charge in [0, 0.05) is 45.0 Å². The summed E-state index contributed by atoms with van der Waals surface area (Å²) < 4.78 is 0. The minimum Gasteiger partial charge on any atom is -0.384 e. The minimum atomic E-state index is 1.04. The Balaban J connectivity index is 1.73. The molecule has 1 N–H and O–H groups in total. The van der Waals surface area contributed by atoms with E-state index in [2.05, 4.69) is 54.1 Å². The molecule has 2 rings (SSSR count). The Morgan fingerprint density at radius 2 is 1.74 bits per heavy atom. The molecule has 1 aromatic rings. The van der Waals surface area contributed by atoms with Crippen molar-refractivity contribution in [3.05, 3.63) is 29.3 Å². The standard InChI is InChI=1S/C16H27N3/c1-4-18-9-11-19(12-10-18)8-7-17-16-13-14(2)5-6-15(16)3/h5-6,13,17H,4,7-12H2,1-3H3. The van der Waals surface area contributed by atoms with Crippen LogP contribution >= 0.6 is 0 Å². The third-order valence-corrected chi connectivity index (χ3v) is 4.05. The van der Waals surface area contributed by atoms with Gasteiger partial charge in [0.2, 0.25) is 0 Å². The fourth-order valence-corrected chi connectivity index (χ4v) is 2.60. The van der Waals surface area contributed by atoms with Gasteiger partial charge in [-0.2, -0.15) is 0 Å². The van der Waals surface area contributed by atoms with Crippen LogP contribution in [-0.4, -0.2) is 55.6 Å². The van der Waals surface area contributed by atoms with Gasteiger partial charge in [-0.25, -0.2) is 0 Å². The zero-order chi connectivity index (χ0) is 13.7. The molecule has 1 heterocycles. The lowest BCUT2D eigenvalue weighted by atomic mass is 10.1. The highest BCUT2D eigenvalue weighted by Gasteiger charge is 2.14. The number of likely N-dealkylation sites (N-methyl/N-ethyl adjacent to an activating group) is 1. The summed E-state index contributed by atoms with van der Waals surface area (Å²) in [6.07, 6.45) is 0. The van der Waals surface area contributed by atoms with Gasteiger partial charge < -0.3 is 10.2 Å². The fraction of sp³-hybridized carbons (Fsp3) is 0.625. The number of piperazine rings is 1. The summed E-state index contributed by atoms with van der Waals surface area (Å²) in [6, 6.07) is 6.60. The number of aryl methyl sites for hydroxylation is 2. The molecule has 0 aromatic heterocycles. The average molecular weight is 261 g/mol. The molecule has 1 fully saturated rings. The molecule has 0 atom stereocenters. The smallest absolute Gasteiger partial charge is 0.0372 e. The van der Waals surface area contributed by atoms with E-state index in [0.717, 1.165) is 13.1 Å². The first kappa shape index (κ1) is 14.4. The molecule has 0 bridgehead atoms. The second-order valence-electron chi connectivity index (χ2n) is 5.52. The number of benzene rings is 1. The van der Waals surface area contributed by atoms with Crippen LogP contribution in [0.4, 0.5) is 5.69 Å². The first-order valence-electron chi connectivity index (χ1n) is 7.45. The second-order valence-corrected chi connectivity index (χ2v) is 5.52. The molecule has 3 nitrogen and oxygen atoms in total. The van der Waals surface area contributed by atoms with Gasteiger partial charge in [-0.15, -0.1) is 0 Å². The highest BCUT2D eigenvalue weighted by Crippen LogP contribution is 2.15. The lowest BCUT2D eigenvalue weighted by molar-refractivity contribution is 0.141. The minimum absolute atomic E-state index is 1.04. The van der Waals surface area contributed by atoms with Gasteiger partial charge in [-0.3, -0.25) is 4.90 Å². The van der Waals surface area contributed by atoms with Crippen LogP contribution in [0.5, 0.6) is 0 Å².